The van der Waals surface area contributed by atoms with Crippen molar-refractivity contribution in [2.45, 2.75) is 31.3 Å². The van der Waals surface area contributed by atoms with E-state index < -0.39 is 23.0 Å². The molecule has 0 fully saturated rings. The second kappa shape index (κ2) is 7.46. The van der Waals surface area contributed by atoms with Crippen molar-refractivity contribution in [3.05, 3.63) is 23.9 Å². The first-order valence-electron chi connectivity index (χ1n) is 5.89. The zero-order valence-electron chi connectivity index (χ0n) is 10.6. The topological polar surface area (TPSA) is 71.1 Å². The van der Waals surface area contributed by atoms with Crippen LogP contribution in [0.4, 0.5) is 8.78 Å². The molecule has 5 nitrogen and oxygen atoms in total. The molecule has 0 aliphatic carbocycles. The fourth-order valence-electron chi connectivity index (χ4n) is 1.33. The number of hydrogen-bond donors (Lipinski definition) is 2. The van der Waals surface area contributed by atoms with Gasteiger partial charge in [0.2, 0.25) is 0 Å². The number of aromatic nitrogens is 1. The molecule has 0 aromatic carbocycles. The molecule has 0 radical (unpaired) electrons. The highest BCUT2D eigenvalue weighted by atomic mass is 32.2. The van der Waals surface area contributed by atoms with Crippen LogP contribution in [0, 0.1) is 0 Å². The molecule has 1 aromatic heterocycles. The van der Waals surface area contributed by atoms with Gasteiger partial charge in [-0.05, 0) is 24.6 Å². The maximum Gasteiger partial charge on any atom is 0.258 e. The summed E-state index contributed by atoms with van der Waals surface area (Å²) in [6.45, 7) is 2.57. The van der Waals surface area contributed by atoms with E-state index in [1.54, 1.807) is 10.8 Å². The molecular formula is C11H17F2N3O2S. The highest BCUT2D eigenvalue weighted by Gasteiger charge is 2.17. The highest BCUT2D eigenvalue weighted by Crippen LogP contribution is 2.07. The molecule has 0 unspecified atom stereocenters. The second-order valence-corrected chi connectivity index (χ2v) is 5.64. The van der Waals surface area contributed by atoms with Gasteiger partial charge in [0.15, 0.2) is 5.03 Å². The fraction of sp³-hybridized carbons (Fsp3) is 0.545. The van der Waals surface area contributed by atoms with E-state index in [2.05, 4.69) is 10.3 Å². The summed E-state index contributed by atoms with van der Waals surface area (Å²) in [5.41, 5.74) is 0.834. The number of halogens is 2. The standard InChI is InChI=1S/C11H17F2N3O2S/c1-2-5-14-6-9-3-4-11(15-7-9)19(17,18)16-8-10(12)13/h3-4,7,10,14,16H,2,5-6,8H2,1H3. The third-order valence-corrected chi connectivity index (χ3v) is 3.60. The Morgan fingerprint density at radius 3 is 2.63 bits per heavy atom. The van der Waals surface area contributed by atoms with E-state index in [0.29, 0.717) is 6.54 Å². The molecule has 0 atom stereocenters. The van der Waals surface area contributed by atoms with Crippen LogP contribution in [-0.4, -0.2) is 32.9 Å². The van der Waals surface area contributed by atoms with Gasteiger partial charge in [-0.2, -0.15) is 0 Å². The van der Waals surface area contributed by atoms with Crippen LogP contribution in [0.5, 0.6) is 0 Å². The van der Waals surface area contributed by atoms with Crippen molar-refractivity contribution < 1.29 is 17.2 Å². The lowest BCUT2D eigenvalue weighted by atomic mass is 10.3. The van der Waals surface area contributed by atoms with Gasteiger partial charge in [-0.25, -0.2) is 26.9 Å². The summed E-state index contributed by atoms with van der Waals surface area (Å²) in [5.74, 6) is 0. The number of rotatable bonds is 8. The summed E-state index contributed by atoms with van der Waals surface area (Å²) < 4.78 is 48.9. The first kappa shape index (κ1) is 15.9. The molecule has 1 rings (SSSR count). The van der Waals surface area contributed by atoms with Crippen molar-refractivity contribution in [1.82, 2.24) is 15.0 Å². The SMILES string of the molecule is CCCNCc1ccc(S(=O)(=O)NCC(F)F)nc1. The molecule has 0 aliphatic rings. The van der Waals surface area contributed by atoms with E-state index in [1.165, 1.54) is 12.3 Å². The van der Waals surface area contributed by atoms with Gasteiger partial charge in [-0.3, -0.25) is 0 Å². The average molecular weight is 293 g/mol. The largest absolute Gasteiger partial charge is 0.313 e. The van der Waals surface area contributed by atoms with E-state index in [0.717, 1.165) is 18.5 Å². The van der Waals surface area contributed by atoms with Gasteiger partial charge in [0, 0.05) is 12.7 Å². The molecule has 0 spiro atoms. The molecule has 0 saturated carbocycles. The minimum Gasteiger partial charge on any atom is -0.313 e. The Morgan fingerprint density at radius 1 is 1.37 bits per heavy atom. The molecule has 108 valence electrons. The Morgan fingerprint density at radius 2 is 2.11 bits per heavy atom. The third-order valence-electron chi connectivity index (χ3n) is 2.26. The monoisotopic (exact) mass is 293 g/mol. The smallest absolute Gasteiger partial charge is 0.258 e. The van der Waals surface area contributed by atoms with Crippen LogP contribution in [0.15, 0.2) is 23.4 Å². The third kappa shape index (κ3) is 5.58. The van der Waals surface area contributed by atoms with Crippen LogP contribution in [0.3, 0.4) is 0 Å². The number of alkyl halides is 2. The van der Waals surface area contributed by atoms with Crippen molar-refractivity contribution >= 4 is 10.0 Å². The normalized spacial score (nSPS) is 12.0. The Hall–Kier alpha value is -1.12. The molecule has 1 heterocycles. The molecule has 0 bridgehead atoms. The number of sulfonamides is 1. The van der Waals surface area contributed by atoms with Gasteiger partial charge in [0.05, 0.1) is 6.54 Å². The van der Waals surface area contributed by atoms with Crippen LogP contribution in [-0.2, 0) is 16.6 Å². The van der Waals surface area contributed by atoms with Gasteiger partial charge in [-0.1, -0.05) is 13.0 Å². The van der Waals surface area contributed by atoms with E-state index in [9.17, 15) is 17.2 Å². The van der Waals surface area contributed by atoms with Gasteiger partial charge in [0.1, 0.15) is 0 Å². The highest BCUT2D eigenvalue weighted by molar-refractivity contribution is 7.89. The molecule has 0 aliphatic heterocycles. The van der Waals surface area contributed by atoms with Crippen molar-refractivity contribution in [2.75, 3.05) is 13.1 Å². The Labute approximate surface area is 111 Å². The predicted molar refractivity (Wildman–Crippen MR) is 67.4 cm³/mol. The van der Waals surface area contributed by atoms with Crippen LogP contribution in [0.1, 0.15) is 18.9 Å². The second-order valence-electron chi connectivity index (χ2n) is 3.92. The first-order chi connectivity index (χ1) is 8.95. The van der Waals surface area contributed by atoms with Crippen molar-refractivity contribution in [3.63, 3.8) is 0 Å². The number of nitrogens with zero attached hydrogens (tertiary/aromatic N) is 1. The van der Waals surface area contributed by atoms with Crippen molar-refractivity contribution in [1.29, 1.82) is 0 Å². The zero-order chi connectivity index (χ0) is 14.3. The molecule has 0 saturated heterocycles. The maximum absolute atomic E-state index is 12.0. The Bertz CT molecular complexity index is 477. The summed E-state index contributed by atoms with van der Waals surface area (Å²) in [7, 11) is -3.96. The van der Waals surface area contributed by atoms with Gasteiger partial charge >= 0.3 is 0 Å². The molecular weight excluding hydrogens is 276 g/mol. The van der Waals surface area contributed by atoms with Crippen molar-refractivity contribution in [2.24, 2.45) is 0 Å². The van der Waals surface area contributed by atoms with Crippen LogP contribution >= 0.6 is 0 Å². The lowest BCUT2D eigenvalue weighted by molar-refractivity contribution is 0.153. The predicted octanol–water partition coefficient (Wildman–Crippen LogP) is 1.12. The van der Waals surface area contributed by atoms with E-state index >= 15 is 0 Å². The Balaban J connectivity index is 2.64. The molecule has 0 amide bonds. The minimum atomic E-state index is -3.96. The summed E-state index contributed by atoms with van der Waals surface area (Å²) in [4.78, 5) is 3.77. The number of hydrogen-bond acceptors (Lipinski definition) is 4. The van der Waals surface area contributed by atoms with E-state index in [1.807, 2.05) is 6.92 Å². The van der Waals surface area contributed by atoms with Gasteiger partial charge in [-0.15, -0.1) is 0 Å². The van der Waals surface area contributed by atoms with E-state index in [4.69, 9.17) is 0 Å². The first-order valence-corrected chi connectivity index (χ1v) is 7.37. The van der Waals surface area contributed by atoms with Crippen LogP contribution in [0.2, 0.25) is 0 Å². The Kier molecular flexibility index (Phi) is 6.26. The quantitative estimate of drug-likeness (QED) is 0.705. The molecule has 19 heavy (non-hydrogen) atoms. The summed E-state index contributed by atoms with van der Waals surface area (Å²) in [6.07, 6.45) is -0.316. The van der Waals surface area contributed by atoms with Crippen molar-refractivity contribution in [3.8, 4) is 0 Å². The summed E-state index contributed by atoms with van der Waals surface area (Å²) in [5, 5.41) is 2.89. The molecule has 1 aromatic rings. The minimum absolute atomic E-state index is 0.257. The van der Waals surface area contributed by atoms with Gasteiger partial charge in [0.25, 0.3) is 16.4 Å². The van der Waals surface area contributed by atoms with Crippen LogP contribution in [0.25, 0.3) is 0 Å². The zero-order valence-corrected chi connectivity index (χ0v) is 11.4. The molecule has 2 N–H and O–H groups in total. The maximum atomic E-state index is 12.0. The van der Waals surface area contributed by atoms with Gasteiger partial charge < -0.3 is 5.32 Å². The lowest BCUT2D eigenvalue weighted by Crippen LogP contribution is -2.29. The van der Waals surface area contributed by atoms with Crippen LogP contribution < -0.4 is 10.0 Å². The molecule has 8 heteroatoms. The van der Waals surface area contributed by atoms with E-state index in [-0.39, 0.29) is 5.03 Å². The number of pyridine rings is 1. The number of nitrogens with one attached hydrogen (secondary N) is 2. The summed E-state index contributed by atoms with van der Waals surface area (Å²) in [6, 6.07) is 2.91. The average Bonchev–Trinajstić information content (AvgIpc) is 2.37. The summed E-state index contributed by atoms with van der Waals surface area (Å²) >= 11 is 0. The fourth-order valence-corrected chi connectivity index (χ4v) is 2.26. The lowest BCUT2D eigenvalue weighted by Gasteiger charge is -2.07.